The summed E-state index contributed by atoms with van der Waals surface area (Å²) in [4.78, 5) is 0. The van der Waals surface area contributed by atoms with Crippen molar-refractivity contribution in [3.63, 3.8) is 0 Å². The Bertz CT molecular complexity index is 691. The Morgan fingerprint density at radius 3 is 1.86 bits per heavy atom. The zero-order chi connectivity index (χ0) is 19.1. The maximum atomic E-state index is 9.65. The summed E-state index contributed by atoms with van der Waals surface area (Å²) in [5.41, 5.74) is 8.74. The number of aromatic hydroxyl groups is 2. The molecule has 1 atom stereocenters. The van der Waals surface area contributed by atoms with Crippen LogP contribution in [-0.2, 0) is 12.8 Å². The molecule has 0 aromatic heterocycles. The van der Waals surface area contributed by atoms with Crippen molar-refractivity contribution in [2.75, 3.05) is 26.2 Å². The molecule has 0 saturated carbocycles. The van der Waals surface area contributed by atoms with Crippen LogP contribution in [0.2, 0.25) is 0 Å². The number of hydrogen-bond acceptors (Lipinski definition) is 3. The Kier molecular flexibility index (Phi) is 11.3. The lowest BCUT2D eigenvalue weighted by molar-refractivity contribution is -0.933. The van der Waals surface area contributed by atoms with Crippen LogP contribution in [0.5, 0.6) is 11.5 Å². The van der Waals surface area contributed by atoms with Crippen molar-refractivity contribution in [2.45, 2.75) is 44.6 Å². The third-order valence-corrected chi connectivity index (χ3v) is 5.85. The lowest BCUT2D eigenvalue weighted by atomic mass is 10.00. The van der Waals surface area contributed by atoms with Crippen LogP contribution in [-0.4, -0.2) is 46.9 Å². The fourth-order valence-electron chi connectivity index (χ4n) is 4.55. The van der Waals surface area contributed by atoms with Crippen molar-refractivity contribution in [3.05, 3.63) is 59.7 Å². The van der Waals surface area contributed by atoms with Crippen molar-refractivity contribution in [1.29, 1.82) is 0 Å². The van der Waals surface area contributed by atoms with E-state index in [-0.39, 0.29) is 34.0 Å². The number of phenolic OH excluding ortho intramolecular Hbond substituents is 2. The highest BCUT2D eigenvalue weighted by Gasteiger charge is 2.32. The number of phenols is 2. The number of piperidine rings is 1. The third kappa shape index (κ3) is 8.28. The number of benzene rings is 2. The SMILES string of the molecule is Br.N[C@H]1CCC[N+](CCCc2cccc(O)c2)(CCCc2cccc(O)c2)C1.[Br-]. The minimum atomic E-state index is 0. The van der Waals surface area contributed by atoms with Crippen LogP contribution in [0.15, 0.2) is 48.5 Å². The summed E-state index contributed by atoms with van der Waals surface area (Å²) >= 11 is 0. The van der Waals surface area contributed by atoms with E-state index in [1.165, 1.54) is 24.1 Å². The Morgan fingerprint density at radius 1 is 0.897 bits per heavy atom. The Hall–Kier alpha value is -1.08. The maximum absolute atomic E-state index is 9.65. The number of quaternary nitrogens is 1. The van der Waals surface area contributed by atoms with E-state index < -0.39 is 0 Å². The quantitative estimate of drug-likeness (QED) is 0.450. The first-order valence-electron chi connectivity index (χ1n) is 10.2. The standard InChI is InChI=1S/C23H32N2O2.2BrH/c24-21-10-5-15-25(18-21,13-3-8-19-6-1-11-22(26)16-19)14-4-9-20-7-2-12-23(27)17-20;;/h1-2,6-7,11-12,16-17,21H,3-5,8-10,13-15,18,24H2,(H-,26,27);2*1H/t21-;;/m0../s1. The number of hydrogen-bond donors (Lipinski definition) is 3. The lowest BCUT2D eigenvalue weighted by Gasteiger charge is -2.44. The molecule has 0 bridgehead atoms. The Labute approximate surface area is 195 Å². The molecule has 0 spiro atoms. The minimum Gasteiger partial charge on any atom is -1.00 e. The average molecular weight is 530 g/mol. The van der Waals surface area contributed by atoms with Gasteiger partial charge in [-0.1, -0.05) is 24.3 Å². The predicted octanol–water partition coefficient (Wildman–Crippen LogP) is 1.18. The zero-order valence-corrected chi connectivity index (χ0v) is 20.3. The van der Waals surface area contributed by atoms with Crippen LogP contribution < -0.4 is 22.7 Å². The van der Waals surface area contributed by atoms with Gasteiger partial charge in [0.25, 0.3) is 0 Å². The van der Waals surface area contributed by atoms with Gasteiger partial charge in [-0.3, -0.25) is 0 Å². The maximum Gasteiger partial charge on any atom is 0.115 e. The van der Waals surface area contributed by atoms with Gasteiger partial charge in [-0.05, 0) is 61.1 Å². The van der Waals surface area contributed by atoms with Gasteiger partial charge in [0.05, 0.1) is 32.2 Å². The molecule has 0 amide bonds. The smallest absolute Gasteiger partial charge is 0.115 e. The van der Waals surface area contributed by atoms with Crippen molar-refractivity contribution < 1.29 is 31.7 Å². The highest BCUT2D eigenvalue weighted by molar-refractivity contribution is 8.93. The summed E-state index contributed by atoms with van der Waals surface area (Å²) in [7, 11) is 0. The molecule has 1 aliphatic rings. The first-order valence-corrected chi connectivity index (χ1v) is 10.2. The normalized spacial score (nSPS) is 17.8. The second kappa shape index (κ2) is 12.6. The number of likely N-dealkylation sites (tertiary alicyclic amines) is 1. The molecular weight excluding hydrogens is 496 g/mol. The molecule has 2 aromatic carbocycles. The van der Waals surface area contributed by atoms with Gasteiger partial charge in [-0.15, -0.1) is 17.0 Å². The van der Waals surface area contributed by atoms with E-state index in [4.69, 9.17) is 5.73 Å². The van der Waals surface area contributed by atoms with Crippen molar-refractivity contribution in [3.8, 4) is 11.5 Å². The molecule has 1 aliphatic heterocycles. The van der Waals surface area contributed by atoms with E-state index in [2.05, 4.69) is 12.1 Å². The molecule has 1 heterocycles. The van der Waals surface area contributed by atoms with Gasteiger partial charge in [-0.2, -0.15) is 0 Å². The van der Waals surface area contributed by atoms with Gasteiger partial charge in [0, 0.05) is 12.8 Å². The first-order chi connectivity index (χ1) is 13.0. The summed E-state index contributed by atoms with van der Waals surface area (Å²) in [6.07, 6.45) is 6.57. The van der Waals surface area contributed by atoms with E-state index in [1.54, 1.807) is 12.1 Å². The molecule has 4 N–H and O–H groups in total. The molecule has 4 nitrogen and oxygen atoms in total. The van der Waals surface area contributed by atoms with Crippen molar-refractivity contribution in [2.24, 2.45) is 5.73 Å². The molecule has 3 rings (SSSR count). The molecule has 0 aliphatic carbocycles. The number of nitrogens with zero attached hydrogens (tertiary/aromatic N) is 1. The van der Waals surface area contributed by atoms with E-state index in [0.717, 1.165) is 56.2 Å². The van der Waals surface area contributed by atoms with Crippen LogP contribution in [0, 0.1) is 0 Å². The minimum absolute atomic E-state index is 0. The van der Waals surface area contributed by atoms with Crippen molar-refractivity contribution in [1.82, 2.24) is 0 Å². The highest BCUT2D eigenvalue weighted by Crippen LogP contribution is 2.22. The van der Waals surface area contributed by atoms with Gasteiger partial charge in [-0.25, -0.2) is 0 Å². The molecule has 1 fully saturated rings. The summed E-state index contributed by atoms with van der Waals surface area (Å²) in [5, 5.41) is 19.3. The van der Waals surface area contributed by atoms with Gasteiger partial charge >= 0.3 is 0 Å². The van der Waals surface area contributed by atoms with E-state index in [1.807, 2.05) is 24.3 Å². The molecule has 29 heavy (non-hydrogen) atoms. The monoisotopic (exact) mass is 528 g/mol. The third-order valence-electron chi connectivity index (χ3n) is 5.85. The summed E-state index contributed by atoms with van der Waals surface area (Å²) in [6.45, 7) is 4.57. The molecule has 162 valence electrons. The van der Waals surface area contributed by atoms with Gasteiger partial charge in [0.1, 0.15) is 11.5 Å². The number of aryl methyl sites for hydroxylation is 2. The highest BCUT2D eigenvalue weighted by atomic mass is 79.9. The van der Waals surface area contributed by atoms with Crippen LogP contribution in [0.4, 0.5) is 0 Å². The van der Waals surface area contributed by atoms with Crippen molar-refractivity contribution >= 4 is 17.0 Å². The predicted molar refractivity (Wildman–Crippen MR) is 120 cm³/mol. The summed E-state index contributed by atoms with van der Waals surface area (Å²) in [6, 6.07) is 15.5. The number of nitrogens with two attached hydrogens (primary N) is 1. The van der Waals surface area contributed by atoms with Gasteiger partial charge in [0.2, 0.25) is 0 Å². The van der Waals surface area contributed by atoms with Crippen LogP contribution in [0.3, 0.4) is 0 Å². The summed E-state index contributed by atoms with van der Waals surface area (Å²) in [5.74, 6) is 0.699. The molecule has 0 unspecified atom stereocenters. The number of rotatable bonds is 8. The fraction of sp³-hybridized carbons (Fsp3) is 0.478. The lowest BCUT2D eigenvalue weighted by Crippen LogP contribution is -3.00. The number of halogens is 2. The van der Waals surface area contributed by atoms with E-state index in [0.29, 0.717) is 17.5 Å². The van der Waals surface area contributed by atoms with Crippen LogP contribution in [0.25, 0.3) is 0 Å². The molecule has 2 aromatic rings. The van der Waals surface area contributed by atoms with Gasteiger partial charge < -0.3 is 37.4 Å². The van der Waals surface area contributed by atoms with Gasteiger partial charge in [0.15, 0.2) is 0 Å². The largest absolute Gasteiger partial charge is 1.00 e. The van der Waals surface area contributed by atoms with E-state index >= 15 is 0 Å². The Balaban J connectivity index is 0.00000210. The molecule has 1 saturated heterocycles. The first kappa shape index (κ1) is 26.0. The van der Waals surface area contributed by atoms with Crippen LogP contribution in [0.1, 0.15) is 36.8 Å². The van der Waals surface area contributed by atoms with E-state index in [9.17, 15) is 10.2 Å². The second-order valence-corrected chi connectivity index (χ2v) is 8.14. The molecule has 0 radical (unpaired) electrons. The molecular formula is C23H34Br2N2O2. The Morgan fingerprint density at radius 2 is 1.41 bits per heavy atom. The molecule has 6 heteroatoms. The fourth-order valence-corrected chi connectivity index (χ4v) is 4.55. The zero-order valence-electron chi connectivity index (χ0n) is 17.0. The summed E-state index contributed by atoms with van der Waals surface area (Å²) < 4.78 is 1.11. The average Bonchev–Trinajstić information content (AvgIpc) is 2.62. The second-order valence-electron chi connectivity index (χ2n) is 8.14. The van der Waals surface area contributed by atoms with Crippen LogP contribution >= 0.6 is 17.0 Å². The topological polar surface area (TPSA) is 66.5 Å².